The van der Waals surface area contributed by atoms with Crippen LogP contribution >= 0.6 is 0 Å². The van der Waals surface area contributed by atoms with Crippen LogP contribution < -0.4 is 5.32 Å². The summed E-state index contributed by atoms with van der Waals surface area (Å²) >= 11 is 0. The molecule has 0 aliphatic carbocycles. The molecule has 2 nitrogen and oxygen atoms in total. The number of benzene rings is 3. The largest absolute Gasteiger partial charge is 0.364 e. The molecule has 0 fully saturated rings. The number of aliphatic imine (C=N–C) groups is 1. The summed E-state index contributed by atoms with van der Waals surface area (Å²) in [4.78, 5) is 4.95. The third-order valence-electron chi connectivity index (χ3n) is 4.84. The fraction of sp³-hybridized carbons (Fsp3) is 0.174. The topological polar surface area (TPSA) is 24.4 Å². The van der Waals surface area contributed by atoms with E-state index in [9.17, 15) is 4.39 Å². The second kappa shape index (κ2) is 7.12. The Morgan fingerprint density at radius 2 is 1.54 bits per heavy atom. The average molecular weight is 344 g/mol. The van der Waals surface area contributed by atoms with Gasteiger partial charge in [-0.1, -0.05) is 72.8 Å². The fourth-order valence-electron chi connectivity index (χ4n) is 3.42. The molecule has 0 radical (unpaired) electrons. The van der Waals surface area contributed by atoms with Gasteiger partial charge in [0.05, 0.1) is 6.04 Å². The van der Waals surface area contributed by atoms with Crippen LogP contribution in [-0.2, 0) is 6.42 Å². The third-order valence-corrected chi connectivity index (χ3v) is 4.84. The van der Waals surface area contributed by atoms with Gasteiger partial charge in [-0.15, -0.1) is 0 Å². The van der Waals surface area contributed by atoms with Crippen LogP contribution in [0, 0.1) is 12.7 Å². The van der Waals surface area contributed by atoms with E-state index in [4.69, 9.17) is 4.99 Å². The Labute approximate surface area is 153 Å². The minimum Gasteiger partial charge on any atom is -0.364 e. The average Bonchev–Trinajstić information content (AvgIpc) is 3.10. The lowest BCUT2D eigenvalue weighted by Crippen LogP contribution is -2.25. The molecule has 1 aliphatic rings. The van der Waals surface area contributed by atoms with E-state index in [0.717, 1.165) is 11.4 Å². The Balaban J connectivity index is 1.64. The van der Waals surface area contributed by atoms with Gasteiger partial charge >= 0.3 is 0 Å². The number of hydrogen-bond acceptors (Lipinski definition) is 2. The monoisotopic (exact) mass is 344 g/mol. The van der Waals surface area contributed by atoms with Gasteiger partial charge in [0.15, 0.2) is 0 Å². The molecule has 3 heteroatoms. The zero-order valence-corrected chi connectivity index (χ0v) is 14.7. The molecule has 26 heavy (non-hydrogen) atoms. The Bertz CT molecular complexity index is 919. The lowest BCUT2D eigenvalue weighted by Gasteiger charge is -2.19. The predicted molar refractivity (Wildman–Crippen MR) is 104 cm³/mol. The summed E-state index contributed by atoms with van der Waals surface area (Å²) in [5, 5.41) is 3.57. The van der Waals surface area contributed by atoms with Gasteiger partial charge < -0.3 is 5.32 Å². The van der Waals surface area contributed by atoms with Gasteiger partial charge in [0.1, 0.15) is 17.7 Å². The molecule has 0 saturated heterocycles. The summed E-state index contributed by atoms with van der Waals surface area (Å²) in [5.74, 6) is 0.733. The quantitative estimate of drug-likeness (QED) is 0.694. The summed E-state index contributed by atoms with van der Waals surface area (Å²) in [6.07, 6.45) is 0.601. The second-order valence-corrected chi connectivity index (χ2v) is 6.72. The third kappa shape index (κ3) is 3.38. The maximum absolute atomic E-state index is 13.9. The molecule has 2 unspecified atom stereocenters. The zero-order chi connectivity index (χ0) is 17.9. The Morgan fingerprint density at radius 3 is 2.19 bits per heavy atom. The van der Waals surface area contributed by atoms with Gasteiger partial charge in [-0.3, -0.25) is 4.99 Å². The molecule has 130 valence electrons. The number of nitrogens with zero attached hydrogens (tertiary/aromatic N) is 1. The summed E-state index contributed by atoms with van der Waals surface area (Å²) in [6.45, 7) is 1.78. The van der Waals surface area contributed by atoms with Crippen LogP contribution in [0.1, 0.15) is 34.3 Å². The number of hydrogen-bond donors (Lipinski definition) is 1. The summed E-state index contributed by atoms with van der Waals surface area (Å²) in [5.41, 5.74) is 3.98. The fourth-order valence-corrected chi connectivity index (χ4v) is 3.42. The van der Waals surface area contributed by atoms with Crippen molar-refractivity contribution in [2.45, 2.75) is 25.4 Å². The van der Waals surface area contributed by atoms with E-state index < -0.39 is 0 Å². The highest BCUT2D eigenvalue weighted by atomic mass is 19.1. The standard InChI is InChI=1S/C23H21FN2/c1-16-12-13-17(14-20(16)24)15-21-25-22(18-8-4-2-5-9-18)23(26-21)19-10-6-3-7-11-19/h2-14,22-23H,15H2,1H3,(H,25,26). The Kier molecular flexibility index (Phi) is 4.53. The van der Waals surface area contributed by atoms with Crippen LogP contribution in [0.3, 0.4) is 0 Å². The molecule has 2 atom stereocenters. The zero-order valence-electron chi connectivity index (χ0n) is 14.7. The molecule has 3 aromatic carbocycles. The van der Waals surface area contributed by atoms with E-state index in [1.807, 2.05) is 48.5 Å². The van der Waals surface area contributed by atoms with Crippen molar-refractivity contribution in [2.24, 2.45) is 4.99 Å². The first-order valence-electron chi connectivity index (χ1n) is 8.89. The minimum absolute atomic E-state index is 0.0175. The van der Waals surface area contributed by atoms with Crippen molar-refractivity contribution in [1.29, 1.82) is 0 Å². The second-order valence-electron chi connectivity index (χ2n) is 6.72. The van der Waals surface area contributed by atoms with Crippen LogP contribution in [0.15, 0.2) is 83.9 Å². The first-order chi connectivity index (χ1) is 12.7. The minimum atomic E-state index is -0.166. The highest BCUT2D eigenvalue weighted by Gasteiger charge is 2.30. The van der Waals surface area contributed by atoms with Crippen molar-refractivity contribution >= 4 is 5.84 Å². The molecule has 4 rings (SSSR count). The Hall–Kier alpha value is -2.94. The first kappa shape index (κ1) is 16.5. The molecule has 0 bridgehead atoms. The highest BCUT2D eigenvalue weighted by molar-refractivity contribution is 5.87. The van der Waals surface area contributed by atoms with Gasteiger partial charge in [0.25, 0.3) is 0 Å². The molecule has 0 saturated carbocycles. The van der Waals surface area contributed by atoms with Gasteiger partial charge in [0, 0.05) is 6.42 Å². The van der Waals surface area contributed by atoms with E-state index in [0.29, 0.717) is 12.0 Å². The van der Waals surface area contributed by atoms with Crippen LogP contribution in [0.4, 0.5) is 4.39 Å². The lowest BCUT2D eigenvalue weighted by atomic mass is 9.95. The van der Waals surface area contributed by atoms with Crippen molar-refractivity contribution in [2.75, 3.05) is 0 Å². The van der Waals surface area contributed by atoms with Crippen molar-refractivity contribution in [1.82, 2.24) is 5.32 Å². The van der Waals surface area contributed by atoms with Gasteiger partial charge in [-0.2, -0.15) is 0 Å². The van der Waals surface area contributed by atoms with Crippen molar-refractivity contribution in [3.05, 3.63) is 107 Å². The van der Waals surface area contributed by atoms with Gasteiger partial charge in [0.2, 0.25) is 0 Å². The normalized spacial score (nSPS) is 19.1. The summed E-state index contributed by atoms with van der Waals surface area (Å²) < 4.78 is 13.9. The van der Waals surface area contributed by atoms with E-state index in [-0.39, 0.29) is 17.9 Å². The molecule has 1 N–H and O–H groups in total. The van der Waals surface area contributed by atoms with E-state index in [2.05, 4.69) is 29.6 Å². The number of nitrogens with one attached hydrogen (secondary N) is 1. The molecule has 0 aromatic heterocycles. The first-order valence-corrected chi connectivity index (χ1v) is 8.89. The van der Waals surface area contributed by atoms with Crippen LogP contribution in [0.5, 0.6) is 0 Å². The van der Waals surface area contributed by atoms with E-state index in [1.165, 1.54) is 11.1 Å². The van der Waals surface area contributed by atoms with Crippen molar-refractivity contribution in [3.8, 4) is 0 Å². The van der Waals surface area contributed by atoms with Gasteiger partial charge in [-0.05, 0) is 35.2 Å². The summed E-state index contributed by atoms with van der Waals surface area (Å²) in [7, 11) is 0. The molecular weight excluding hydrogens is 323 g/mol. The van der Waals surface area contributed by atoms with Crippen molar-refractivity contribution < 1.29 is 4.39 Å². The molecular formula is C23H21FN2. The maximum Gasteiger partial charge on any atom is 0.126 e. The SMILES string of the molecule is Cc1ccc(CC2=NC(c3ccccc3)C(c3ccccc3)N2)cc1F. The Morgan fingerprint density at radius 1 is 0.885 bits per heavy atom. The smallest absolute Gasteiger partial charge is 0.126 e. The van der Waals surface area contributed by atoms with E-state index in [1.54, 1.807) is 13.0 Å². The van der Waals surface area contributed by atoms with Crippen molar-refractivity contribution in [3.63, 3.8) is 0 Å². The van der Waals surface area contributed by atoms with Crippen LogP contribution in [0.2, 0.25) is 0 Å². The number of halogens is 1. The molecule has 0 amide bonds. The van der Waals surface area contributed by atoms with Crippen LogP contribution in [0.25, 0.3) is 0 Å². The lowest BCUT2D eigenvalue weighted by molar-refractivity contribution is 0.571. The maximum atomic E-state index is 13.9. The molecule has 1 aliphatic heterocycles. The van der Waals surface area contributed by atoms with Gasteiger partial charge in [-0.25, -0.2) is 4.39 Å². The van der Waals surface area contributed by atoms with Crippen LogP contribution in [-0.4, -0.2) is 5.84 Å². The highest BCUT2D eigenvalue weighted by Crippen LogP contribution is 2.36. The molecule has 0 spiro atoms. The number of amidine groups is 1. The molecule has 1 heterocycles. The summed E-state index contributed by atoms with van der Waals surface area (Å²) in [6, 6.07) is 26.2. The number of rotatable bonds is 4. The molecule has 3 aromatic rings. The number of aryl methyl sites for hydroxylation is 1. The van der Waals surface area contributed by atoms with E-state index >= 15 is 0 Å². The predicted octanol–water partition coefficient (Wildman–Crippen LogP) is 5.16.